The van der Waals surface area contributed by atoms with Crippen LogP contribution in [0.4, 0.5) is 5.69 Å². The molecule has 192 valence electrons. The number of nitriles is 1. The Kier molecular flexibility index (Phi) is 9.00. The van der Waals surface area contributed by atoms with Gasteiger partial charge in [-0.1, -0.05) is 30.3 Å². The van der Waals surface area contributed by atoms with Gasteiger partial charge in [-0.25, -0.2) is 9.79 Å². The Balaban J connectivity index is 1.52. The number of aliphatic imine (C=N–C) groups is 1. The second-order valence-corrected chi connectivity index (χ2v) is 9.94. The number of carbonyl (C=O) groups excluding carboxylic acids is 2. The molecule has 0 radical (unpaired) electrons. The molecule has 1 aliphatic heterocycles. The van der Waals surface area contributed by atoms with Gasteiger partial charge in [-0.05, 0) is 89.6 Å². The number of hydrogen-bond donors (Lipinski definition) is 0. The Labute approximate surface area is 233 Å². The zero-order chi connectivity index (χ0) is 27.1. The Morgan fingerprint density at radius 1 is 1.13 bits per heavy atom. The maximum absolute atomic E-state index is 13.1. The van der Waals surface area contributed by atoms with Gasteiger partial charge in [-0.2, -0.15) is 5.26 Å². The maximum atomic E-state index is 13.1. The zero-order valence-electron chi connectivity index (χ0n) is 20.8. The molecule has 7 nitrogen and oxygen atoms in total. The van der Waals surface area contributed by atoms with Gasteiger partial charge in [0.25, 0.3) is 5.91 Å². The van der Waals surface area contributed by atoms with Gasteiger partial charge in [0, 0.05) is 12.1 Å². The van der Waals surface area contributed by atoms with Crippen molar-refractivity contribution in [3.05, 3.63) is 98.4 Å². The van der Waals surface area contributed by atoms with Crippen molar-refractivity contribution in [1.29, 1.82) is 5.26 Å². The lowest BCUT2D eigenvalue weighted by Crippen LogP contribution is -2.28. The average molecular weight is 590 g/mol. The Bertz CT molecular complexity index is 1480. The zero-order valence-corrected chi connectivity index (χ0v) is 23.2. The first-order chi connectivity index (χ1) is 18.4. The van der Waals surface area contributed by atoms with E-state index in [0.717, 1.165) is 15.6 Å². The number of esters is 1. The van der Waals surface area contributed by atoms with Crippen LogP contribution in [-0.2, 0) is 16.1 Å². The summed E-state index contributed by atoms with van der Waals surface area (Å²) in [4.78, 5) is 32.0. The van der Waals surface area contributed by atoms with Gasteiger partial charge in [-0.15, -0.1) is 0 Å². The van der Waals surface area contributed by atoms with E-state index in [-0.39, 0.29) is 19.1 Å². The van der Waals surface area contributed by atoms with Crippen LogP contribution in [0, 0.1) is 11.3 Å². The van der Waals surface area contributed by atoms with E-state index >= 15 is 0 Å². The van der Waals surface area contributed by atoms with Crippen molar-refractivity contribution >= 4 is 56.5 Å². The summed E-state index contributed by atoms with van der Waals surface area (Å²) < 4.78 is 11.7. The number of ether oxygens (including phenoxy) is 2. The van der Waals surface area contributed by atoms with E-state index in [2.05, 4.69) is 27.0 Å². The molecule has 9 heteroatoms. The fraction of sp³-hybridized carbons (Fsp3) is 0.172. The van der Waals surface area contributed by atoms with Crippen LogP contribution in [0.3, 0.4) is 0 Å². The lowest BCUT2D eigenvalue weighted by Gasteiger charge is -2.12. The van der Waals surface area contributed by atoms with Gasteiger partial charge in [0.15, 0.2) is 5.17 Å². The lowest BCUT2D eigenvalue weighted by atomic mass is 10.1. The molecule has 1 saturated heterocycles. The molecular formula is C29H24BrN3O4S. The molecule has 0 N–H and O–H groups in total. The molecule has 0 spiro atoms. The minimum atomic E-state index is -0.412. The van der Waals surface area contributed by atoms with Crippen molar-refractivity contribution in [2.24, 2.45) is 4.99 Å². The Hall–Kier alpha value is -3.87. The van der Waals surface area contributed by atoms with Crippen molar-refractivity contribution in [2.45, 2.75) is 20.5 Å². The third-order valence-electron chi connectivity index (χ3n) is 5.56. The first-order valence-corrected chi connectivity index (χ1v) is 13.5. The second-order valence-electron chi connectivity index (χ2n) is 8.07. The molecule has 3 aromatic carbocycles. The summed E-state index contributed by atoms with van der Waals surface area (Å²) >= 11 is 4.83. The summed E-state index contributed by atoms with van der Waals surface area (Å²) in [5, 5.41) is 9.82. The third-order valence-corrected chi connectivity index (χ3v) is 7.19. The SMILES string of the molecule is CCOC(=O)c1cccc(N=C2SC(=Cc3ccc(OCc4ccccc4C#N)c(Br)c3)C(=O)N2CC)c1. The van der Waals surface area contributed by atoms with Crippen LogP contribution in [0.1, 0.15) is 40.9 Å². The molecule has 0 aliphatic carbocycles. The molecule has 1 aliphatic rings. The summed E-state index contributed by atoms with van der Waals surface area (Å²) in [7, 11) is 0. The highest BCUT2D eigenvalue weighted by Gasteiger charge is 2.32. The first kappa shape index (κ1) is 27.2. The number of rotatable bonds is 8. The highest BCUT2D eigenvalue weighted by Crippen LogP contribution is 2.35. The van der Waals surface area contributed by atoms with Gasteiger partial charge >= 0.3 is 5.97 Å². The largest absolute Gasteiger partial charge is 0.488 e. The van der Waals surface area contributed by atoms with Crippen molar-refractivity contribution in [3.8, 4) is 11.8 Å². The summed E-state index contributed by atoms with van der Waals surface area (Å²) in [5.41, 5.74) is 3.17. The molecule has 1 fully saturated rings. The van der Waals surface area contributed by atoms with Gasteiger partial charge in [0.1, 0.15) is 12.4 Å². The van der Waals surface area contributed by atoms with E-state index in [1.807, 2.05) is 49.4 Å². The highest BCUT2D eigenvalue weighted by atomic mass is 79.9. The van der Waals surface area contributed by atoms with Gasteiger partial charge in [0.2, 0.25) is 0 Å². The third kappa shape index (κ3) is 6.33. The van der Waals surface area contributed by atoms with Crippen molar-refractivity contribution in [3.63, 3.8) is 0 Å². The van der Waals surface area contributed by atoms with E-state index in [4.69, 9.17) is 9.47 Å². The molecule has 38 heavy (non-hydrogen) atoms. The number of hydrogen-bond acceptors (Lipinski definition) is 7. The average Bonchev–Trinajstić information content (AvgIpc) is 3.21. The molecule has 0 aromatic heterocycles. The Morgan fingerprint density at radius 3 is 2.68 bits per heavy atom. The lowest BCUT2D eigenvalue weighted by molar-refractivity contribution is -0.122. The maximum Gasteiger partial charge on any atom is 0.338 e. The molecule has 0 bridgehead atoms. The standard InChI is InChI=1S/C29H24BrN3O4S/c1-3-33-27(34)26(38-29(33)32-23-11-7-10-20(16-23)28(35)36-4-2)15-19-12-13-25(24(30)14-19)37-18-22-9-6-5-8-21(22)17-31/h5-16H,3-4,18H2,1-2H3. The smallest absolute Gasteiger partial charge is 0.338 e. The van der Waals surface area contributed by atoms with Crippen LogP contribution >= 0.6 is 27.7 Å². The van der Waals surface area contributed by atoms with Gasteiger partial charge < -0.3 is 9.47 Å². The fourth-order valence-corrected chi connectivity index (χ4v) is 5.26. The van der Waals surface area contributed by atoms with Crippen LogP contribution in [-0.4, -0.2) is 35.1 Å². The van der Waals surface area contributed by atoms with E-state index in [1.165, 1.54) is 11.8 Å². The summed E-state index contributed by atoms with van der Waals surface area (Å²) in [6.07, 6.45) is 1.81. The number of likely N-dealkylation sites (N-methyl/N-ethyl adjacent to an activating group) is 1. The topological polar surface area (TPSA) is 92.0 Å². The van der Waals surface area contributed by atoms with E-state index in [9.17, 15) is 14.9 Å². The minimum absolute atomic E-state index is 0.137. The first-order valence-electron chi connectivity index (χ1n) is 11.9. The second kappa shape index (κ2) is 12.6. The molecular weight excluding hydrogens is 566 g/mol. The van der Waals surface area contributed by atoms with Crippen molar-refractivity contribution in [2.75, 3.05) is 13.2 Å². The normalized spacial score (nSPS) is 15.1. The minimum Gasteiger partial charge on any atom is -0.488 e. The number of thioether (sulfide) groups is 1. The molecule has 1 amide bonds. The molecule has 4 rings (SSSR count). The highest BCUT2D eigenvalue weighted by molar-refractivity contribution is 9.10. The van der Waals surface area contributed by atoms with Gasteiger partial charge in [-0.3, -0.25) is 9.69 Å². The number of halogens is 1. The number of amides is 1. The fourth-order valence-electron chi connectivity index (χ4n) is 3.68. The number of carbonyl (C=O) groups is 2. The van der Waals surface area contributed by atoms with Crippen molar-refractivity contribution in [1.82, 2.24) is 4.90 Å². The number of nitrogens with zero attached hydrogens (tertiary/aromatic N) is 3. The molecule has 0 saturated carbocycles. The number of amidine groups is 1. The molecule has 0 atom stereocenters. The number of benzene rings is 3. The van der Waals surface area contributed by atoms with Crippen LogP contribution in [0.25, 0.3) is 6.08 Å². The van der Waals surface area contributed by atoms with E-state index in [0.29, 0.717) is 39.2 Å². The molecule has 1 heterocycles. The van der Waals surface area contributed by atoms with Gasteiger partial charge in [0.05, 0.1) is 38.9 Å². The monoisotopic (exact) mass is 589 g/mol. The summed E-state index contributed by atoms with van der Waals surface area (Å²) in [6, 6.07) is 21.9. The van der Waals surface area contributed by atoms with Crippen molar-refractivity contribution < 1.29 is 19.1 Å². The van der Waals surface area contributed by atoms with E-state index in [1.54, 1.807) is 42.2 Å². The predicted octanol–water partition coefficient (Wildman–Crippen LogP) is 6.70. The van der Waals surface area contributed by atoms with Crippen LogP contribution < -0.4 is 4.74 Å². The summed E-state index contributed by atoms with van der Waals surface area (Å²) in [5.74, 6) is 0.0801. The van der Waals surface area contributed by atoms with Crippen LogP contribution in [0.15, 0.2) is 81.1 Å². The van der Waals surface area contributed by atoms with E-state index < -0.39 is 5.97 Å². The summed E-state index contributed by atoms with van der Waals surface area (Å²) in [6.45, 7) is 4.65. The van der Waals surface area contributed by atoms with Crippen LogP contribution in [0.5, 0.6) is 5.75 Å². The molecule has 3 aromatic rings. The van der Waals surface area contributed by atoms with Crippen LogP contribution in [0.2, 0.25) is 0 Å². The molecule has 0 unspecified atom stereocenters. The Morgan fingerprint density at radius 2 is 1.95 bits per heavy atom. The predicted molar refractivity (Wildman–Crippen MR) is 152 cm³/mol. The quantitative estimate of drug-likeness (QED) is 0.214.